The number of carbonyl (C=O) groups excluding carboxylic acids is 2. The van der Waals surface area contributed by atoms with Crippen LogP contribution in [0.2, 0.25) is 0 Å². The molecule has 9 nitrogen and oxygen atoms in total. The largest absolute Gasteiger partial charge is 0.377 e. The van der Waals surface area contributed by atoms with E-state index >= 15 is 0 Å². The van der Waals surface area contributed by atoms with Crippen LogP contribution in [0.3, 0.4) is 0 Å². The average molecular weight is 454 g/mol. The Labute approximate surface area is 185 Å². The predicted octanol–water partition coefficient (Wildman–Crippen LogP) is 1.18. The third-order valence-electron chi connectivity index (χ3n) is 3.84. The average Bonchev–Trinajstić information content (AvgIpc) is 2.76. The molecule has 1 amide bonds. The highest BCUT2D eigenvalue weighted by molar-refractivity contribution is 5.79. The first-order valence-corrected chi connectivity index (χ1v) is 10.9. The number of Topliss-reactive ketones (excluding diaryl/α,β-unsaturated/α-hetero) is 1. The highest BCUT2D eigenvalue weighted by atomic mass is 19.1. The van der Waals surface area contributed by atoms with Gasteiger partial charge in [0.05, 0.1) is 79.2 Å². The van der Waals surface area contributed by atoms with Gasteiger partial charge in [0.1, 0.15) is 12.8 Å². The first kappa shape index (κ1) is 29.8. The van der Waals surface area contributed by atoms with E-state index in [9.17, 15) is 14.0 Å². The fourth-order valence-electron chi connectivity index (χ4n) is 1.97. The second kappa shape index (κ2) is 22.0. The lowest BCUT2D eigenvalue weighted by atomic mass is 10.2. The first-order valence-electron chi connectivity index (χ1n) is 10.9. The quantitative estimate of drug-likeness (QED) is 0.230. The lowest BCUT2D eigenvalue weighted by Gasteiger charge is -2.12. The molecule has 0 bridgehead atoms. The molecular formula is C21H40FNO8. The molecule has 0 aliphatic heterocycles. The number of alkyl halides is 1. The summed E-state index contributed by atoms with van der Waals surface area (Å²) in [7, 11) is 0. The van der Waals surface area contributed by atoms with Gasteiger partial charge in [-0.15, -0.1) is 0 Å². The molecule has 0 fully saturated rings. The van der Waals surface area contributed by atoms with Crippen molar-refractivity contribution in [1.82, 2.24) is 5.32 Å². The van der Waals surface area contributed by atoms with Gasteiger partial charge in [0.15, 0.2) is 5.78 Å². The number of hydrogen-bond donors (Lipinski definition) is 1. The van der Waals surface area contributed by atoms with Crippen LogP contribution in [0.1, 0.15) is 27.2 Å². The minimum Gasteiger partial charge on any atom is -0.377 e. The number of amides is 1. The normalized spacial score (nSPS) is 12.3. The number of hydrogen-bond acceptors (Lipinski definition) is 8. The molecule has 184 valence electrons. The Morgan fingerprint density at radius 3 is 1.58 bits per heavy atom. The van der Waals surface area contributed by atoms with E-state index in [4.69, 9.17) is 28.4 Å². The Kier molecular flexibility index (Phi) is 21.2. The summed E-state index contributed by atoms with van der Waals surface area (Å²) in [4.78, 5) is 22.3. The van der Waals surface area contributed by atoms with Gasteiger partial charge in [-0.05, 0) is 0 Å². The minimum atomic E-state index is -1.23. The Bertz CT molecular complexity index is 440. The summed E-state index contributed by atoms with van der Waals surface area (Å²) < 4.78 is 45.2. The standard InChI is InChI=1S/C21H40FNO8/c1-4-20(24)17-31-14-12-29-10-8-27-6-5-26-7-9-28-11-13-30-16-19(22)15-23-21(25)18(2)3/h18-19H,4-17H2,1-3H3,(H,23,25). The Balaban J connectivity index is 3.18. The van der Waals surface area contributed by atoms with Gasteiger partial charge >= 0.3 is 0 Å². The monoisotopic (exact) mass is 453 g/mol. The molecule has 0 radical (unpaired) electrons. The van der Waals surface area contributed by atoms with Crippen LogP contribution in [-0.4, -0.2) is 104 Å². The van der Waals surface area contributed by atoms with E-state index in [2.05, 4.69) is 5.32 Å². The van der Waals surface area contributed by atoms with Gasteiger partial charge in [-0.2, -0.15) is 0 Å². The summed E-state index contributed by atoms with van der Waals surface area (Å²) in [5.74, 6) is -0.255. The van der Waals surface area contributed by atoms with Crippen molar-refractivity contribution in [2.75, 3.05) is 85.8 Å². The van der Waals surface area contributed by atoms with Crippen molar-refractivity contribution in [3.05, 3.63) is 0 Å². The Morgan fingerprint density at radius 2 is 1.16 bits per heavy atom. The first-order chi connectivity index (χ1) is 15.0. The van der Waals surface area contributed by atoms with Crippen LogP contribution >= 0.6 is 0 Å². The van der Waals surface area contributed by atoms with E-state index in [0.29, 0.717) is 65.9 Å². The molecule has 0 heterocycles. The van der Waals surface area contributed by atoms with Gasteiger partial charge in [0, 0.05) is 12.3 Å². The van der Waals surface area contributed by atoms with Crippen LogP contribution in [0.25, 0.3) is 0 Å². The highest BCUT2D eigenvalue weighted by Gasteiger charge is 2.11. The maximum absolute atomic E-state index is 13.5. The van der Waals surface area contributed by atoms with Gasteiger partial charge in [0.2, 0.25) is 5.91 Å². The van der Waals surface area contributed by atoms with Crippen LogP contribution in [0.15, 0.2) is 0 Å². The number of rotatable bonds is 23. The van der Waals surface area contributed by atoms with Crippen molar-refractivity contribution >= 4 is 11.7 Å². The number of ether oxygens (including phenoxy) is 6. The molecule has 0 aromatic rings. The van der Waals surface area contributed by atoms with Crippen molar-refractivity contribution in [2.24, 2.45) is 5.92 Å². The molecule has 0 aromatic heterocycles. The molecule has 1 unspecified atom stereocenters. The van der Waals surface area contributed by atoms with Crippen molar-refractivity contribution in [2.45, 2.75) is 33.4 Å². The number of nitrogens with one attached hydrogen (secondary N) is 1. The van der Waals surface area contributed by atoms with Gasteiger partial charge in [-0.1, -0.05) is 20.8 Å². The van der Waals surface area contributed by atoms with Crippen molar-refractivity contribution in [1.29, 1.82) is 0 Å². The molecule has 0 saturated heterocycles. The lowest BCUT2D eigenvalue weighted by molar-refractivity contribution is -0.124. The summed E-state index contributed by atoms with van der Waals surface area (Å²) in [5, 5.41) is 2.52. The smallest absolute Gasteiger partial charge is 0.222 e. The zero-order valence-electron chi connectivity index (χ0n) is 19.2. The fourth-order valence-corrected chi connectivity index (χ4v) is 1.97. The summed E-state index contributed by atoms with van der Waals surface area (Å²) in [6, 6.07) is 0. The van der Waals surface area contributed by atoms with E-state index in [1.165, 1.54) is 0 Å². The zero-order chi connectivity index (χ0) is 23.2. The summed E-state index contributed by atoms with van der Waals surface area (Å²) >= 11 is 0. The third-order valence-corrected chi connectivity index (χ3v) is 3.84. The molecular weight excluding hydrogens is 413 g/mol. The minimum absolute atomic E-state index is 0.0461. The predicted molar refractivity (Wildman–Crippen MR) is 113 cm³/mol. The molecule has 1 N–H and O–H groups in total. The molecule has 31 heavy (non-hydrogen) atoms. The van der Waals surface area contributed by atoms with Crippen LogP contribution in [0.4, 0.5) is 4.39 Å². The van der Waals surface area contributed by atoms with Gasteiger partial charge in [-0.25, -0.2) is 4.39 Å². The Morgan fingerprint density at radius 1 is 0.742 bits per heavy atom. The molecule has 0 aliphatic rings. The SMILES string of the molecule is CCC(=O)COCCOCCOCCOCCOCCOCC(F)CNC(=O)C(C)C. The fraction of sp³-hybridized carbons (Fsp3) is 0.905. The van der Waals surface area contributed by atoms with E-state index in [1.807, 2.05) is 0 Å². The van der Waals surface area contributed by atoms with E-state index in [0.717, 1.165) is 0 Å². The topological polar surface area (TPSA) is 102 Å². The van der Waals surface area contributed by atoms with Gasteiger partial charge < -0.3 is 33.7 Å². The van der Waals surface area contributed by atoms with Gasteiger partial charge in [-0.3, -0.25) is 9.59 Å². The van der Waals surface area contributed by atoms with Crippen LogP contribution < -0.4 is 5.32 Å². The highest BCUT2D eigenvalue weighted by Crippen LogP contribution is 1.94. The molecule has 0 aromatic carbocycles. The summed E-state index contributed by atoms with van der Waals surface area (Å²) in [6.45, 7) is 9.44. The molecule has 0 saturated carbocycles. The molecule has 0 rings (SSSR count). The van der Waals surface area contributed by atoms with Crippen LogP contribution in [-0.2, 0) is 38.0 Å². The maximum atomic E-state index is 13.5. The molecule has 10 heteroatoms. The number of carbonyl (C=O) groups is 2. The van der Waals surface area contributed by atoms with Crippen molar-refractivity contribution in [3.63, 3.8) is 0 Å². The number of halogens is 1. The summed E-state index contributed by atoms with van der Waals surface area (Å²) in [5.41, 5.74) is 0. The van der Waals surface area contributed by atoms with Crippen molar-refractivity contribution in [3.8, 4) is 0 Å². The Hall–Kier alpha value is -1.17. The van der Waals surface area contributed by atoms with Crippen molar-refractivity contribution < 1.29 is 42.4 Å². The third kappa shape index (κ3) is 21.8. The summed E-state index contributed by atoms with van der Waals surface area (Å²) in [6.07, 6.45) is -0.749. The van der Waals surface area contributed by atoms with E-state index in [1.54, 1.807) is 20.8 Å². The number of ketones is 1. The zero-order valence-corrected chi connectivity index (χ0v) is 19.2. The molecule has 1 atom stereocenters. The molecule has 0 aliphatic carbocycles. The second-order valence-electron chi connectivity index (χ2n) is 6.97. The van der Waals surface area contributed by atoms with Crippen LogP contribution in [0.5, 0.6) is 0 Å². The van der Waals surface area contributed by atoms with Crippen LogP contribution in [0, 0.1) is 5.92 Å². The second-order valence-corrected chi connectivity index (χ2v) is 6.97. The lowest BCUT2D eigenvalue weighted by Crippen LogP contribution is -2.35. The van der Waals surface area contributed by atoms with Gasteiger partial charge in [0.25, 0.3) is 0 Å². The maximum Gasteiger partial charge on any atom is 0.222 e. The molecule has 0 spiro atoms. The van der Waals surface area contributed by atoms with E-state index in [-0.39, 0.29) is 44.0 Å². The van der Waals surface area contributed by atoms with E-state index < -0.39 is 6.17 Å².